The van der Waals surface area contributed by atoms with Crippen LogP contribution in [0.15, 0.2) is 36.4 Å². The molecule has 0 saturated carbocycles. The van der Waals surface area contributed by atoms with Crippen molar-refractivity contribution in [1.82, 2.24) is 0 Å². The first kappa shape index (κ1) is 12.4. The highest BCUT2D eigenvalue weighted by molar-refractivity contribution is 6.35. The van der Waals surface area contributed by atoms with Gasteiger partial charge < -0.3 is 0 Å². The van der Waals surface area contributed by atoms with Gasteiger partial charge in [0, 0.05) is 17.2 Å². The lowest BCUT2D eigenvalue weighted by Crippen LogP contribution is -1.93. The summed E-state index contributed by atoms with van der Waals surface area (Å²) in [6, 6.07) is 7.54. The molecule has 0 aliphatic heterocycles. The molecule has 0 bridgehead atoms. The average Bonchev–Trinajstić information content (AvgIpc) is 2.33. The number of nitro benzene ring substituents is 1. The van der Waals surface area contributed by atoms with Crippen molar-refractivity contribution in [1.29, 1.82) is 0 Å². The van der Waals surface area contributed by atoms with Crippen LogP contribution in [0.25, 0.3) is 11.1 Å². The fraction of sp³-hybridized carbons (Fsp3) is 0. The second-order valence-electron chi connectivity index (χ2n) is 3.50. The van der Waals surface area contributed by atoms with Crippen LogP contribution in [0.5, 0.6) is 0 Å². The van der Waals surface area contributed by atoms with Crippen molar-refractivity contribution >= 4 is 17.3 Å². The van der Waals surface area contributed by atoms with Crippen molar-refractivity contribution in [2.45, 2.75) is 0 Å². The van der Waals surface area contributed by atoms with E-state index in [1.807, 2.05) is 0 Å². The Kier molecular flexibility index (Phi) is 3.25. The van der Waals surface area contributed by atoms with Crippen molar-refractivity contribution in [3.63, 3.8) is 0 Å². The Hall–Kier alpha value is -2.01. The summed E-state index contributed by atoms with van der Waals surface area (Å²) in [5, 5.41) is 10.5. The van der Waals surface area contributed by atoms with Crippen molar-refractivity contribution in [3.05, 3.63) is 63.2 Å². The molecule has 0 heterocycles. The number of rotatable bonds is 2. The second kappa shape index (κ2) is 4.70. The zero-order valence-electron chi connectivity index (χ0n) is 8.86. The van der Waals surface area contributed by atoms with Gasteiger partial charge in [0.15, 0.2) is 11.6 Å². The molecule has 0 aliphatic carbocycles. The van der Waals surface area contributed by atoms with Gasteiger partial charge in [0.1, 0.15) is 5.02 Å². The van der Waals surface area contributed by atoms with Crippen molar-refractivity contribution < 1.29 is 13.7 Å². The molecule has 2 aromatic carbocycles. The van der Waals surface area contributed by atoms with Crippen LogP contribution in [0.3, 0.4) is 0 Å². The van der Waals surface area contributed by atoms with Crippen LogP contribution in [0, 0.1) is 21.7 Å². The molecule has 3 nitrogen and oxygen atoms in total. The number of hydrogen-bond donors (Lipinski definition) is 0. The van der Waals surface area contributed by atoms with E-state index in [4.69, 9.17) is 11.6 Å². The van der Waals surface area contributed by atoms with E-state index < -0.39 is 16.6 Å². The first-order valence-corrected chi connectivity index (χ1v) is 5.27. The Morgan fingerprint density at radius 3 is 2.33 bits per heavy atom. The molecule has 0 fully saturated rings. The van der Waals surface area contributed by atoms with Crippen LogP contribution >= 0.6 is 11.6 Å². The fourth-order valence-corrected chi connectivity index (χ4v) is 1.88. The van der Waals surface area contributed by atoms with Crippen molar-refractivity contribution in [2.24, 2.45) is 0 Å². The van der Waals surface area contributed by atoms with Gasteiger partial charge in [-0.05, 0) is 6.07 Å². The van der Waals surface area contributed by atoms with Crippen molar-refractivity contribution in [3.8, 4) is 11.1 Å². The molecular formula is C12H6ClF2NO2. The van der Waals surface area contributed by atoms with E-state index in [2.05, 4.69) is 0 Å². The molecule has 6 heteroatoms. The minimum Gasteiger partial charge on any atom is -0.258 e. The predicted molar refractivity (Wildman–Crippen MR) is 63.5 cm³/mol. The SMILES string of the molecule is O=[N+]([O-])c1cccc(-c2cccc(F)c2F)c1Cl. The highest BCUT2D eigenvalue weighted by Gasteiger charge is 2.19. The van der Waals surface area contributed by atoms with Crippen LogP contribution in [0.1, 0.15) is 0 Å². The normalized spacial score (nSPS) is 10.4. The standard InChI is InChI=1S/C12H6ClF2NO2/c13-11-7(3-2-6-10(11)16(17)18)8-4-1-5-9(14)12(8)15/h1-6H. The third-order valence-electron chi connectivity index (χ3n) is 2.42. The number of benzene rings is 2. The van der Waals surface area contributed by atoms with E-state index in [9.17, 15) is 18.9 Å². The largest absolute Gasteiger partial charge is 0.288 e. The maximum atomic E-state index is 13.6. The highest BCUT2D eigenvalue weighted by atomic mass is 35.5. The van der Waals surface area contributed by atoms with E-state index in [1.165, 1.54) is 30.3 Å². The Morgan fingerprint density at radius 2 is 1.67 bits per heavy atom. The molecule has 2 aromatic rings. The molecule has 18 heavy (non-hydrogen) atoms. The summed E-state index contributed by atoms with van der Waals surface area (Å²) in [7, 11) is 0. The zero-order valence-corrected chi connectivity index (χ0v) is 9.62. The van der Waals surface area contributed by atoms with Crippen LogP contribution in [0.4, 0.5) is 14.5 Å². The molecule has 0 unspecified atom stereocenters. The van der Waals surface area contributed by atoms with Crippen LogP contribution in [0.2, 0.25) is 5.02 Å². The summed E-state index contributed by atoms with van der Waals surface area (Å²) in [6.07, 6.45) is 0. The number of nitrogens with zero attached hydrogens (tertiary/aromatic N) is 1. The van der Waals surface area contributed by atoms with Gasteiger partial charge in [-0.3, -0.25) is 10.1 Å². The second-order valence-corrected chi connectivity index (χ2v) is 3.88. The van der Waals surface area contributed by atoms with Gasteiger partial charge in [0.05, 0.1) is 4.92 Å². The molecule has 0 aliphatic rings. The van der Waals surface area contributed by atoms with Crippen LogP contribution < -0.4 is 0 Å². The lowest BCUT2D eigenvalue weighted by atomic mass is 10.0. The maximum Gasteiger partial charge on any atom is 0.288 e. The average molecular weight is 270 g/mol. The quantitative estimate of drug-likeness (QED) is 0.606. The molecule has 0 radical (unpaired) electrons. The third kappa shape index (κ3) is 2.04. The smallest absolute Gasteiger partial charge is 0.258 e. The molecular weight excluding hydrogens is 264 g/mol. The number of halogens is 3. The Bertz CT molecular complexity index is 631. The first-order chi connectivity index (χ1) is 8.52. The molecule has 0 aromatic heterocycles. The molecule has 0 spiro atoms. The monoisotopic (exact) mass is 269 g/mol. The third-order valence-corrected chi connectivity index (χ3v) is 2.81. The van der Waals surface area contributed by atoms with Gasteiger partial charge in [-0.25, -0.2) is 8.78 Å². The minimum atomic E-state index is -1.08. The van der Waals surface area contributed by atoms with Gasteiger partial charge >= 0.3 is 0 Å². The Labute approximate surface area is 106 Å². The summed E-state index contributed by atoms with van der Waals surface area (Å²) in [5.74, 6) is -2.12. The number of hydrogen-bond acceptors (Lipinski definition) is 2. The van der Waals surface area contributed by atoms with E-state index in [-0.39, 0.29) is 21.8 Å². The Balaban J connectivity index is 2.69. The van der Waals surface area contributed by atoms with Crippen LogP contribution in [-0.2, 0) is 0 Å². The Morgan fingerprint density at radius 1 is 1.06 bits per heavy atom. The van der Waals surface area contributed by atoms with E-state index in [0.29, 0.717) is 0 Å². The topological polar surface area (TPSA) is 43.1 Å². The molecule has 0 N–H and O–H groups in total. The summed E-state index contributed by atoms with van der Waals surface area (Å²) < 4.78 is 26.7. The summed E-state index contributed by atoms with van der Waals surface area (Å²) in [6.45, 7) is 0. The van der Waals surface area contributed by atoms with Crippen LogP contribution in [-0.4, -0.2) is 4.92 Å². The van der Waals surface area contributed by atoms with E-state index in [0.717, 1.165) is 6.07 Å². The molecule has 0 saturated heterocycles. The summed E-state index contributed by atoms with van der Waals surface area (Å²) in [5.41, 5.74) is -0.371. The molecule has 0 atom stereocenters. The maximum absolute atomic E-state index is 13.6. The van der Waals surface area contributed by atoms with Gasteiger partial charge in [-0.15, -0.1) is 0 Å². The van der Waals surface area contributed by atoms with Gasteiger partial charge in [0.25, 0.3) is 5.69 Å². The lowest BCUT2D eigenvalue weighted by molar-refractivity contribution is -0.384. The minimum absolute atomic E-state index is 0.0860. The predicted octanol–water partition coefficient (Wildman–Crippen LogP) is 4.19. The van der Waals surface area contributed by atoms with E-state index in [1.54, 1.807) is 0 Å². The van der Waals surface area contributed by atoms with Crippen molar-refractivity contribution in [2.75, 3.05) is 0 Å². The molecule has 0 amide bonds. The van der Waals surface area contributed by atoms with Gasteiger partial charge in [-0.1, -0.05) is 35.9 Å². The number of nitro groups is 1. The first-order valence-electron chi connectivity index (χ1n) is 4.89. The van der Waals surface area contributed by atoms with E-state index >= 15 is 0 Å². The zero-order chi connectivity index (χ0) is 13.3. The lowest BCUT2D eigenvalue weighted by Gasteiger charge is -2.06. The van der Waals surface area contributed by atoms with Gasteiger partial charge in [0.2, 0.25) is 0 Å². The van der Waals surface area contributed by atoms with Gasteiger partial charge in [-0.2, -0.15) is 0 Å². The highest BCUT2D eigenvalue weighted by Crippen LogP contribution is 2.36. The fourth-order valence-electron chi connectivity index (χ4n) is 1.58. The summed E-state index contributed by atoms with van der Waals surface area (Å²) in [4.78, 5) is 10.0. The summed E-state index contributed by atoms with van der Waals surface area (Å²) >= 11 is 5.83. The molecule has 2 rings (SSSR count). The molecule has 92 valence electrons.